The molecule has 2 aromatic rings. The van der Waals surface area contributed by atoms with Crippen LogP contribution in [-0.4, -0.2) is 27.7 Å². The molecule has 1 atom stereocenters. The molecule has 0 spiro atoms. The molecule has 4 nitrogen and oxygen atoms in total. The van der Waals surface area contributed by atoms with E-state index in [1.807, 2.05) is 0 Å². The highest BCUT2D eigenvalue weighted by molar-refractivity contribution is 5.41. The van der Waals surface area contributed by atoms with Crippen LogP contribution in [0.2, 0.25) is 0 Å². The molecule has 7 heteroatoms. The van der Waals surface area contributed by atoms with Gasteiger partial charge in [-0.1, -0.05) is 13.3 Å². The van der Waals surface area contributed by atoms with Crippen molar-refractivity contribution in [2.24, 2.45) is 0 Å². The van der Waals surface area contributed by atoms with Crippen LogP contribution < -0.4 is 5.32 Å². The average molecular weight is 298 g/mol. The van der Waals surface area contributed by atoms with E-state index in [1.54, 1.807) is 0 Å². The Morgan fingerprint density at radius 3 is 2.76 bits per heavy atom. The minimum Gasteiger partial charge on any atom is -0.316 e. The van der Waals surface area contributed by atoms with Gasteiger partial charge in [0.1, 0.15) is 5.82 Å². The summed E-state index contributed by atoms with van der Waals surface area (Å²) in [4.78, 5) is 0. The predicted molar refractivity (Wildman–Crippen MR) is 72.1 cm³/mol. The van der Waals surface area contributed by atoms with Crippen LogP contribution in [0, 0.1) is 0 Å². The summed E-state index contributed by atoms with van der Waals surface area (Å²) >= 11 is 0. The summed E-state index contributed by atoms with van der Waals surface area (Å²) < 4.78 is 40.2. The second kappa shape index (κ2) is 4.98. The van der Waals surface area contributed by atoms with Crippen molar-refractivity contribution < 1.29 is 13.2 Å². The van der Waals surface area contributed by atoms with E-state index >= 15 is 0 Å². The molecule has 3 heterocycles. The van der Waals surface area contributed by atoms with Crippen molar-refractivity contribution in [3.8, 4) is 0 Å². The lowest BCUT2D eigenvalue weighted by Crippen LogP contribution is -2.31. The van der Waals surface area contributed by atoms with Crippen LogP contribution in [0.25, 0.3) is 5.65 Å². The SMILES string of the molecule is CCCC1(c2nnc3ccc(C(F)(F)F)cn23)CCNC1. The van der Waals surface area contributed by atoms with E-state index in [1.165, 1.54) is 10.5 Å². The van der Waals surface area contributed by atoms with Gasteiger partial charge in [-0.05, 0) is 31.5 Å². The van der Waals surface area contributed by atoms with Gasteiger partial charge in [-0.3, -0.25) is 4.40 Å². The van der Waals surface area contributed by atoms with Gasteiger partial charge in [0.05, 0.1) is 5.56 Å². The molecular weight excluding hydrogens is 281 g/mol. The molecule has 0 saturated carbocycles. The van der Waals surface area contributed by atoms with E-state index in [9.17, 15) is 13.2 Å². The second-order valence-corrected chi connectivity index (χ2v) is 5.62. The first-order valence-electron chi connectivity index (χ1n) is 7.09. The van der Waals surface area contributed by atoms with Gasteiger partial charge in [0, 0.05) is 18.2 Å². The minimum atomic E-state index is -4.36. The average Bonchev–Trinajstić information content (AvgIpc) is 3.04. The van der Waals surface area contributed by atoms with Gasteiger partial charge in [0.25, 0.3) is 0 Å². The number of nitrogens with zero attached hydrogens (tertiary/aromatic N) is 3. The number of alkyl halides is 3. The Morgan fingerprint density at radius 1 is 1.33 bits per heavy atom. The number of pyridine rings is 1. The lowest BCUT2D eigenvalue weighted by molar-refractivity contribution is -0.137. The molecule has 0 aromatic carbocycles. The van der Waals surface area contributed by atoms with Crippen LogP contribution in [0.4, 0.5) is 13.2 Å². The van der Waals surface area contributed by atoms with Crippen molar-refractivity contribution in [3.63, 3.8) is 0 Å². The fourth-order valence-corrected chi connectivity index (χ4v) is 3.16. The largest absolute Gasteiger partial charge is 0.417 e. The van der Waals surface area contributed by atoms with Crippen molar-refractivity contribution in [2.75, 3.05) is 13.1 Å². The number of aromatic nitrogens is 3. The number of fused-ring (bicyclic) bond motifs is 1. The van der Waals surface area contributed by atoms with E-state index in [0.717, 1.165) is 44.6 Å². The Balaban J connectivity index is 2.14. The highest BCUT2D eigenvalue weighted by Crippen LogP contribution is 2.35. The molecule has 0 amide bonds. The summed E-state index contributed by atoms with van der Waals surface area (Å²) in [6.07, 6.45) is -0.535. The highest BCUT2D eigenvalue weighted by Gasteiger charge is 2.39. The van der Waals surface area contributed by atoms with Gasteiger partial charge in [0.2, 0.25) is 0 Å². The standard InChI is InChI=1S/C14H17F3N4/c1-2-5-13(6-7-18-9-13)12-20-19-11-4-3-10(8-21(11)12)14(15,16)17/h3-4,8,18H,2,5-7,9H2,1H3. The zero-order valence-electron chi connectivity index (χ0n) is 11.7. The third-order valence-electron chi connectivity index (χ3n) is 4.18. The molecule has 0 bridgehead atoms. The summed E-state index contributed by atoms with van der Waals surface area (Å²) in [7, 11) is 0. The van der Waals surface area contributed by atoms with Crippen molar-refractivity contribution in [2.45, 2.75) is 37.8 Å². The molecule has 21 heavy (non-hydrogen) atoms. The zero-order valence-corrected chi connectivity index (χ0v) is 11.7. The summed E-state index contributed by atoms with van der Waals surface area (Å²) in [6, 6.07) is 2.43. The fraction of sp³-hybridized carbons (Fsp3) is 0.571. The van der Waals surface area contributed by atoms with Crippen LogP contribution in [0.1, 0.15) is 37.6 Å². The van der Waals surface area contributed by atoms with Gasteiger partial charge in [-0.25, -0.2) is 0 Å². The van der Waals surface area contributed by atoms with E-state index in [2.05, 4.69) is 22.4 Å². The molecule has 0 radical (unpaired) electrons. The van der Waals surface area contributed by atoms with Crippen LogP contribution in [0.15, 0.2) is 18.3 Å². The lowest BCUT2D eigenvalue weighted by Gasteiger charge is -2.25. The summed E-state index contributed by atoms with van der Waals surface area (Å²) in [5.41, 5.74) is -0.438. The molecule has 2 aromatic heterocycles. The summed E-state index contributed by atoms with van der Waals surface area (Å²) in [5, 5.41) is 11.5. The van der Waals surface area contributed by atoms with Crippen LogP contribution in [0.5, 0.6) is 0 Å². The molecule has 1 unspecified atom stereocenters. The molecule has 3 rings (SSSR count). The monoisotopic (exact) mass is 298 g/mol. The van der Waals surface area contributed by atoms with Gasteiger partial charge in [-0.15, -0.1) is 10.2 Å². The topological polar surface area (TPSA) is 42.2 Å². The number of rotatable bonds is 3. The molecule has 1 aliphatic heterocycles. The first-order valence-corrected chi connectivity index (χ1v) is 7.09. The van der Waals surface area contributed by atoms with Crippen molar-refractivity contribution >= 4 is 5.65 Å². The maximum Gasteiger partial charge on any atom is 0.417 e. The number of hydrogen-bond acceptors (Lipinski definition) is 3. The Labute approximate surface area is 120 Å². The maximum atomic E-state index is 12.9. The summed E-state index contributed by atoms with van der Waals surface area (Å²) in [5.74, 6) is 0.635. The predicted octanol–water partition coefficient (Wildman–Crippen LogP) is 2.78. The van der Waals surface area contributed by atoms with Gasteiger partial charge >= 0.3 is 6.18 Å². The van der Waals surface area contributed by atoms with Crippen molar-refractivity contribution in [1.82, 2.24) is 19.9 Å². The number of hydrogen-bond donors (Lipinski definition) is 1. The normalized spacial score (nSPS) is 23.0. The van der Waals surface area contributed by atoms with E-state index in [-0.39, 0.29) is 5.41 Å². The quantitative estimate of drug-likeness (QED) is 0.947. The molecule has 1 N–H and O–H groups in total. The van der Waals surface area contributed by atoms with Crippen LogP contribution >= 0.6 is 0 Å². The first-order chi connectivity index (χ1) is 9.96. The third kappa shape index (κ3) is 2.39. The summed E-state index contributed by atoms with van der Waals surface area (Å²) in [6.45, 7) is 3.66. The van der Waals surface area contributed by atoms with E-state index in [0.29, 0.717) is 11.5 Å². The third-order valence-corrected chi connectivity index (χ3v) is 4.18. The Kier molecular flexibility index (Phi) is 3.39. The molecule has 1 fully saturated rings. The minimum absolute atomic E-state index is 0.224. The molecule has 1 aliphatic rings. The van der Waals surface area contributed by atoms with Gasteiger partial charge in [-0.2, -0.15) is 13.2 Å². The lowest BCUT2D eigenvalue weighted by atomic mass is 9.81. The Morgan fingerprint density at radius 2 is 2.14 bits per heavy atom. The maximum absolute atomic E-state index is 12.9. The Bertz CT molecular complexity index is 641. The molecule has 1 saturated heterocycles. The number of nitrogens with one attached hydrogen (secondary N) is 1. The zero-order chi connectivity index (χ0) is 15.1. The molecular formula is C14H17F3N4. The number of halogens is 3. The van der Waals surface area contributed by atoms with Gasteiger partial charge < -0.3 is 5.32 Å². The van der Waals surface area contributed by atoms with Gasteiger partial charge in [0.15, 0.2) is 5.65 Å². The highest BCUT2D eigenvalue weighted by atomic mass is 19.4. The van der Waals surface area contributed by atoms with E-state index < -0.39 is 11.7 Å². The molecule has 114 valence electrons. The smallest absolute Gasteiger partial charge is 0.316 e. The van der Waals surface area contributed by atoms with Crippen LogP contribution in [-0.2, 0) is 11.6 Å². The first kappa shape index (κ1) is 14.3. The second-order valence-electron chi connectivity index (χ2n) is 5.62. The van der Waals surface area contributed by atoms with E-state index in [4.69, 9.17) is 0 Å². The van der Waals surface area contributed by atoms with Crippen LogP contribution in [0.3, 0.4) is 0 Å². The Hall–Kier alpha value is -1.63. The fourth-order valence-electron chi connectivity index (χ4n) is 3.16. The molecule has 0 aliphatic carbocycles. The van der Waals surface area contributed by atoms with Crippen molar-refractivity contribution in [1.29, 1.82) is 0 Å². The van der Waals surface area contributed by atoms with Crippen molar-refractivity contribution in [3.05, 3.63) is 29.7 Å².